The summed E-state index contributed by atoms with van der Waals surface area (Å²) in [5.74, 6) is 0.549. The molecule has 0 unspecified atom stereocenters. The summed E-state index contributed by atoms with van der Waals surface area (Å²) in [6.45, 7) is 3.99. The maximum Gasteiger partial charge on any atom is 0.292 e. The summed E-state index contributed by atoms with van der Waals surface area (Å²) in [6, 6.07) is 20.1. The first-order valence-electron chi connectivity index (χ1n) is 8.57. The molecule has 0 aliphatic heterocycles. The summed E-state index contributed by atoms with van der Waals surface area (Å²) < 4.78 is 5.41. The number of rotatable bonds is 8. The lowest BCUT2D eigenvalue weighted by molar-refractivity contribution is -0.383. The third kappa shape index (κ3) is 4.42. The van der Waals surface area contributed by atoms with E-state index >= 15 is 0 Å². The lowest BCUT2D eigenvalue weighted by Gasteiger charge is -2.08. The van der Waals surface area contributed by atoms with Crippen LogP contribution in [0.25, 0.3) is 0 Å². The van der Waals surface area contributed by atoms with Gasteiger partial charge >= 0.3 is 0 Å². The van der Waals surface area contributed by atoms with Crippen molar-refractivity contribution in [2.45, 2.75) is 0 Å². The number of ether oxygens (including phenoxy) is 1. The van der Waals surface area contributed by atoms with Gasteiger partial charge in [0.25, 0.3) is 5.69 Å². The molecule has 1 N–H and O–H groups in total. The van der Waals surface area contributed by atoms with Gasteiger partial charge in [-0.1, -0.05) is 24.8 Å². The number of benzene rings is 3. The van der Waals surface area contributed by atoms with Crippen LogP contribution in [0.1, 0.15) is 15.9 Å². The van der Waals surface area contributed by atoms with E-state index in [1.807, 2.05) is 0 Å². The van der Waals surface area contributed by atoms with Gasteiger partial charge in [0, 0.05) is 22.9 Å². The van der Waals surface area contributed by atoms with Gasteiger partial charge in [-0.25, -0.2) is 0 Å². The maximum absolute atomic E-state index is 12.6. The normalized spacial score (nSPS) is 10.1. The second-order valence-corrected chi connectivity index (χ2v) is 5.93. The zero-order valence-electron chi connectivity index (χ0n) is 15.0. The van der Waals surface area contributed by atoms with E-state index in [4.69, 9.17) is 4.74 Å². The lowest BCUT2D eigenvalue weighted by Crippen LogP contribution is -2.02. The average molecular weight is 374 g/mol. The fraction of sp³-hybridized carbons (Fsp3) is 0.0455. The summed E-state index contributed by atoms with van der Waals surface area (Å²) in [7, 11) is 0. The van der Waals surface area contributed by atoms with Crippen LogP contribution in [-0.4, -0.2) is 17.3 Å². The molecule has 0 aliphatic rings. The number of nitrogens with zero attached hydrogens (tertiary/aromatic N) is 1. The predicted octanol–water partition coefficient (Wildman–Crippen LogP) is 5.13. The Morgan fingerprint density at radius 1 is 1.00 bits per heavy atom. The minimum atomic E-state index is -0.442. The largest absolute Gasteiger partial charge is 0.490 e. The molecule has 3 rings (SSSR count). The number of hydrogen-bond acceptors (Lipinski definition) is 5. The van der Waals surface area contributed by atoms with Crippen LogP contribution in [0.4, 0.5) is 17.1 Å². The molecule has 3 aromatic rings. The van der Waals surface area contributed by atoms with Gasteiger partial charge in [0.15, 0.2) is 5.78 Å². The van der Waals surface area contributed by atoms with Crippen molar-refractivity contribution in [3.63, 3.8) is 0 Å². The molecule has 6 nitrogen and oxygen atoms in total. The fourth-order valence-corrected chi connectivity index (χ4v) is 2.62. The van der Waals surface area contributed by atoms with Gasteiger partial charge < -0.3 is 10.1 Å². The van der Waals surface area contributed by atoms with Crippen molar-refractivity contribution < 1.29 is 14.5 Å². The zero-order valence-corrected chi connectivity index (χ0v) is 15.0. The molecule has 0 radical (unpaired) electrons. The molecule has 28 heavy (non-hydrogen) atoms. The fourth-order valence-electron chi connectivity index (χ4n) is 2.62. The Morgan fingerprint density at radius 3 is 2.21 bits per heavy atom. The standard InChI is InChI=1S/C22H18N2O4/c1-2-15-28-19-13-9-17(10-14-19)22(25)16-7-11-18(12-8-16)23-20-5-3-4-6-21(20)24(26)27/h2-14,23H,1,15H2. The Balaban J connectivity index is 1.73. The van der Waals surface area contributed by atoms with E-state index < -0.39 is 4.92 Å². The number of ketones is 1. The Labute approximate surface area is 162 Å². The number of carbonyl (C=O) groups is 1. The maximum atomic E-state index is 12.6. The average Bonchev–Trinajstić information content (AvgIpc) is 2.73. The highest BCUT2D eigenvalue weighted by Gasteiger charge is 2.13. The summed E-state index contributed by atoms with van der Waals surface area (Å²) >= 11 is 0. The van der Waals surface area contributed by atoms with E-state index in [1.165, 1.54) is 6.07 Å². The highest BCUT2D eigenvalue weighted by atomic mass is 16.6. The number of para-hydroxylation sites is 2. The number of anilines is 2. The predicted molar refractivity (Wildman–Crippen MR) is 108 cm³/mol. The Kier molecular flexibility index (Phi) is 5.81. The molecule has 0 aliphatic carbocycles. The molecule has 0 atom stereocenters. The van der Waals surface area contributed by atoms with E-state index in [0.717, 1.165) is 0 Å². The lowest BCUT2D eigenvalue weighted by atomic mass is 10.0. The third-order valence-corrected chi connectivity index (χ3v) is 4.01. The Bertz CT molecular complexity index is 996. The highest BCUT2D eigenvalue weighted by molar-refractivity contribution is 6.09. The summed E-state index contributed by atoms with van der Waals surface area (Å²) in [5.41, 5.74) is 2.10. The van der Waals surface area contributed by atoms with Crippen molar-refractivity contribution in [1.82, 2.24) is 0 Å². The van der Waals surface area contributed by atoms with Crippen molar-refractivity contribution in [3.05, 3.63) is 107 Å². The first kappa shape index (κ1) is 18.8. The van der Waals surface area contributed by atoms with E-state index in [2.05, 4.69) is 11.9 Å². The van der Waals surface area contributed by atoms with Crippen LogP contribution in [0.3, 0.4) is 0 Å². The highest BCUT2D eigenvalue weighted by Crippen LogP contribution is 2.27. The zero-order chi connectivity index (χ0) is 19.9. The van der Waals surface area contributed by atoms with Gasteiger partial charge in [-0.3, -0.25) is 14.9 Å². The van der Waals surface area contributed by atoms with Crippen LogP contribution in [0.15, 0.2) is 85.5 Å². The van der Waals surface area contributed by atoms with Crippen molar-refractivity contribution in [2.75, 3.05) is 11.9 Å². The summed E-state index contributed by atoms with van der Waals surface area (Å²) in [6.07, 6.45) is 1.65. The van der Waals surface area contributed by atoms with Crippen molar-refractivity contribution in [3.8, 4) is 5.75 Å². The molecule has 0 saturated heterocycles. The minimum Gasteiger partial charge on any atom is -0.490 e. The molecule has 6 heteroatoms. The quantitative estimate of drug-likeness (QED) is 0.256. The van der Waals surface area contributed by atoms with Gasteiger partial charge in [-0.15, -0.1) is 0 Å². The van der Waals surface area contributed by atoms with Crippen LogP contribution in [-0.2, 0) is 0 Å². The number of nitro benzene ring substituents is 1. The molecule has 0 heterocycles. The second kappa shape index (κ2) is 8.64. The molecule has 0 amide bonds. The van der Waals surface area contributed by atoms with Crippen molar-refractivity contribution >= 4 is 22.8 Å². The second-order valence-electron chi connectivity index (χ2n) is 5.93. The molecular weight excluding hydrogens is 356 g/mol. The molecule has 0 spiro atoms. The topological polar surface area (TPSA) is 81.5 Å². The summed E-state index contributed by atoms with van der Waals surface area (Å²) in [4.78, 5) is 23.3. The van der Waals surface area contributed by atoms with E-state index in [0.29, 0.717) is 34.9 Å². The summed E-state index contributed by atoms with van der Waals surface area (Å²) in [5, 5.41) is 14.1. The molecule has 0 fully saturated rings. The minimum absolute atomic E-state index is 0.0126. The monoisotopic (exact) mass is 374 g/mol. The first-order valence-corrected chi connectivity index (χ1v) is 8.57. The van der Waals surface area contributed by atoms with Gasteiger partial charge in [-0.05, 0) is 54.6 Å². The number of nitro groups is 1. The van der Waals surface area contributed by atoms with Gasteiger partial charge in [0.1, 0.15) is 18.0 Å². The van der Waals surface area contributed by atoms with E-state index in [9.17, 15) is 14.9 Å². The SMILES string of the molecule is C=CCOc1ccc(C(=O)c2ccc(Nc3ccccc3[N+](=O)[O-])cc2)cc1. The van der Waals surface area contributed by atoms with Gasteiger partial charge in [0.2, 0.25) is 0 Å². The van der Waals surface area contributed by atoms with Gasteiger partial charge in [-0.2, -0.15) is 0 Å². The van der Waals surface area contributed by atoms with Crippen LogP contribution in [0.2, 0.25) is 0 Å². The van der Waals surface area contributed by atoms with Crippen LogP contribution >= 0.6 is 0 Å². The molecule has 0 aromatic heterocycles. The van der Waals surface area contributed by atoms with Gasteiger partial charge in [0.05, 0.1) is 4.92 Å². The number of hydrogen-bond donors (Lipinski definition) is 1. The van der Waals surface area contributed by atoms with Crippen LogP contribution < -0.4 is 10.1 Å². The molecule has 0 bridgehead atoms. The third-order valence-electron chi connectivity index (χ3n) is 4.01. The van der Waals surface area contributed by atoms with Crippen LogP contribution in [0, 0.1) is 10.1 Å². The Hall–Kier alpha value is -3.93. The molecule has 3 aromatic carbocycles. The van der Waals surface area contributed by atoms with E-state index in [-0.39, 0.29) is 11.5 Å². The molecular formula is C22H18N2O4. The number of carbonyl (C=O) groups excluding carboxylic acids is 1. The van der Waals surface area contributed by atoms with Crippen molar-refractivity contribution in [1.29, 1.82) is 0 Å². The molecule has 0 saturated carbocycles. The number of nitrogens with one attached hydrogen (secondary N) is 1. The Morgan fingerprint density at radius 2 is 1.61 bits per heavy atom. The van der Waals surface area contributed by atoms with Crippen molar-refractivity contribution in [2.24, 2.45) is 0 Å². The molecule has 140 valence electrons. The first-order chi connectivity index (χ1) is 13.6. The van der Waals surface area contributed by atoms with E-state index in [1.54, 1.807) is 72.8 Å². The smallest absolute Gasteiger partial charge is 0.292 e. The van der Waals surface area contributed by atoms with Crippen LogP contribution in [0.5, 0.6) is 5.75 Å².